The smallest absolute Gasteiger partial charge is 0.306 e. The van der Waals surface area contributed by atoms with E-state index in [1.807, 2.05) is 0 Å². The van der Waals surface area contributed by atoms with Crippen molar-refractivity contribution in [3.05, 3.63) is 60.8 Å². The van der Waals surface area contributed by atoms with E-state index in [1.54, 1.807) is 0 Å². The molecular weight excluding hydrogens is 985 g/mol. The van der Waals surface area contributed by atoms with Crippen LogP contribution in [0.25, 0.3) is 0 Å². The standard InChI is InChI=1S/C74H134O6/c1-4-7-10-13-16-19-22-25-28-30-32-34-36-37-38-40-41-43-46-49-52-55-58-61-64-67-73(76)79-70-71(69-78-72(75)66-63-60-57-54-51-48-45-27-24-21-18-15-12-9-6-3)80-74(77)68-65-62-59-56-53-50-47-44-42-39-35-33-31-29-26-23-20-17-14-11-8-5-2/h7,10,16,19,25,27-28,32,34,45,71H,4-6,8-9,11-15,17-18,20-24,26,29-31,33,35-44,46-70H2,1-3H3/b10-7-,19-16-,28-25-,34-32-,45-27-. The molecule has 0 aliphatic carbocycles. The second kappa shape index (κ2) is 68.6. The van der Waals surface area contributed by atoms with E-state index in [1.165, 1.54) is 244 Å². The van der Waals surface area contributed by atoms with Gasteiger partial charge in [0.25, 0.3) is 0 Å². The fourth-order valence-electron chi connectivity index (χ4n) is 10.5. The molecule has 80 heavy (non-hydrogen) atoms. The Balaban J connectivity index is 4.29. The fraction of sp³-hybridized carbons (Fsp3) is 0.824. The van der Waals surface area contributed by atoms with Crippen LogP contribution in [-0.2, 0) is 28.6 Å². The fourth-order valence-corrected chi connectivity index (χ4v) is 10.5. The van der Waals surface area contributed by atoms with Crippen LogP contribution in [0.2, 0.25) is 0 Å². The molecule has 0 aliphatic rings. The minimum atomic E-state index is -0.777. The zero-order chi connectivity index (χ0) is 57.8. The van der Waals surface area contributed by atoms with Gasteiger partial charge in [-0.1, -0.05) is 332 Å². The van der Waals surface area contributed by atoms with Gasteiger partial charge < -0.3 is 14.2 Å². The van der Waals surface area contributed by atoms with Crippen LogP contribution >= 0.6 is 0 Å². The van der Waals surface area contributed by atoms with Crippen LogP contribution in [-0.4, -0.2) is 37.2 Å². The maximum atomic E-state index is 13.0. The molecule has 6 heteroatoms. The molecule has 0 saturated carbocycles. The normalized spacial score (nSPS) is 12.4. The average molecular weight is 1120 g/mol. The Morgan fingerprint density at radius 1 is 0.263 bits per heavy atom. The maximum absolute atomic E-state index is 13.0. The molecule has 0 rings (SSSR count). The highest BCUT2D eigenvalue weighted by Crippen LogP contribution is 2.18. The van der Waals surface area contributed by atoms with E-state index in [2.05, 4.69) is 81.5 Å². The summed E-state index contributed by atoms with van der Waals surface area (Å²) in [5.74, 6) is -0.858. The third-order valence-electron chi connectivity index (χ3n) is 15.8. The van der Waals surface area contributed by atoms with E-state index >= 15 is 0 Å². The number of allylic oxidation sites excluding steroid dienone is 10. The lowest BCUT2D eigenvalue weighted by Crippen LogP contribution is -2.30. The van der Waals surface area contributed by atoms with Crippen LogP contribution in [0.1, 0.15) is 374 Å². The van der Waals surface area contributed by atoms with Crippen molar-refractivity contribution in [2.75, 3.05) is 13.2 Å². The van der Waals surface area contributed by atoms with Crippen molar-refractivity contribution in [2.24, 2.45) is 0 Å². The number of hydrogen-bond donors (Lipinski definition) is 0. The lowest BCUT2D eigenvalue weighted by Gasteiger charge is -2.18. The van der Waals surface area contributed by atoms with Gasteiger partial charge in [0, 0.05) is 19.3 Å². The van der Waals surface area contributed by atoms with Crippen LogP contribution in [0, 0.1) is 0 Å². The van der Waals surface area contributed by atoms with Gasteiger partial charge in [-0.2, -0.15) is 0 Å². The Morgan fingerprint density at radius 2 is 0.487 bits per heavy atom. The van der Waals surface area contributed by atoms with Gasteiger partial charge >= 0.3 is 17.9 Å². The first kappa shape index (κ1) is 77.1. The van der Waals surface area contributed by atoms with Crippen LogP contribution in [0.4, 0.5) is 0 Å². The van der Waals surface area contributed by atoms with Crippen LogP contribution in [0.5, 0.6) is 0 Å². The number of hydrogen-bond acceptors (Lipinski definition) is 6. The van der Waals surface area contributed by atoms with Gasteiger partial charge in [-0.25, -0.2) is 0 Å². The van der Waals surface area contributed by atoms with Crippen molar-refractivity contribution in [3.8, 4) is 0 Å². The van der Waals surface area contributed by atoms with Gasteiger partial charge in [-0.05, 0) is 83.5 Å². The monoisotopic (exact) mass is 1120 g/mol. The predicted octanol–water partition coefficient (Wildman–Crippen LogP) is 24.3. The minimum absolute atomic E-state index is 0.0735. The molecule has 0 aromatic rings. The van der Waals surface area contributed by atoms with Gasteiger partial charge in [0.15, 0.2) is 6.10 Å². The van der Waals surface area contributed by atoms with Crippen LogP contribution in [0.15, 0.2) is 60.8 Å². The zero-order valence-electron chi connectivity index (χ0n) is 53.6. The van der Waals surface area contributed by atoms with Gasteiger partial charge in [0.05, 0.1) is 0 Å². The first-order valence-electron chi connectivity index (χ1n) is 35.3. The van der Waals surface area contributed by atoms with E-state index in [-0.39, 0.29) is 31.1 Å². The SMILES string of the molecule is CC/C=C\C/C=C\C/C=C\C/C=C\CCCCCCCCCCCCCCC(=O)OCC(COC(=O)CCCCCCC/C=C\CCCCCCCC)OC(=O)CCCCCCCCCCCCCCCCCCCCCCCC. The van der Waals surface area contributed by atoms with E-state index in [0.29, 0.717) is 19.3 Å². The second-order valence-corrected chi connectivity index (χ2v) is 23.8. The maximum Gasteiger partial charge on any atom is 0.306 e. The summed E-state index contributed by atoms with van der Waals surface area (Å²) < 4.78 is 17.0. The summed E-state index contributed by atoms with van der Waals surface area (Å²) in [7, 11) is 0. The van der Waals surface area contributed by atoms with Crippen LogP contribution < -0.4 is 0 Å². The molecule has 0 fully saturated rings. The van der Waals surface area contributed by atoms with Crippen molar-refractivity contribution in [2.45, 2.75) is 380 Å². The average Bonchev–Trinajstić information content (AvgIpc) is 3.46. The third-order valence-corrected chi connectivity index (χ3v) is 15.8. The topological polar surface area (TPSA) is 78.9 Å². The quantitative estimate of drug-likeness (QED) is 0.0261. The summed E-state index contributed by atoms with van der Waals surface area (Å²) in [5, 5.41) is 0. The Labute approximate surface area is 498 Å². The van der Waals surface area contributed by atoms with Gasteiger partial charge in [0.2, 0.25) is 0 Å². The summed E-state index contributed by atoms with van der Waals surface area (Å²) in [6, 6.07) is 0. The predicted molar refractivity (Wildman–Crippen MR) is 348 cm³/mol. The van der Waals surface area contributed by atoms with Crippen molar-refractivity contribution >= 4 is 17.9 Å². The Hall–Kier alpha value is -2.89. The number of carbonyl (C=O) groups excluding carboxylic acids is 3. The minimum Gasteiger partial charge on any atom is -0.462 e. The highest BCUT2D eigenvalue weighted by molar-refractivity contribution is 5.71. The molecule has 0 radical (unpaired) electrons. The molecule has 0 N–H and O–H groups in total. The number of carbonyl (C=O) groups is 3. The summed E-state index contributed by atoms with van der Waals surface area (Å²) in [4.78, 5) is 38.5. The van der Waals surface area contributed by atoms with Crippen molar-refractivity contribution in [3.63, 3.8) is 0 Å². The molecule has 1 atom stereocenters. The summed E-state index contributed by atoms with van der Waals surface area (Å²) in [6.07, 6.45) is 88.2. The number of esters is 3. The lowest BCUT2D eigenvalue weighted by atomic mass is 10.0. The van der Waals surface area contributed by atoms with E-state index in [9.17, 15) is 14.4 Å². The molecule has 6 nitrogen and oxygen atoms in total. The van der Waals surface area contributed by atoms with E-state index < -0.39 is 6.10 Å². The number of rotatable bonds is 65. The van der Waals surface area contributed by atoms with Crippen LogP contribution in [0.3, 0.4) is 0 Å². The molecule has 0 saturated heterocycles. The molecule has 0 spiro atoms. The van der Waals surface area contributed by atoms with Crippen molar-refractivity contribution in [1.29, 1.82) is 0 Å². The summed E-state index contributed by atoms with van der Waals surface area (Å²) >= 11 is 0. The molecule has 0 amide bonds. The molecule has 0 heterocycles. The summed E-state index contributed by atoms with van der Waals surface area (Å²) in [6.45, 7) is 6.58. The van der Waals surface area contributed by atoms with E-state index in [0.717, 1.165) is 89.9 Å². The first-order valence-corrected chi connectivity index (χ1v) is 35.3. The Morgan fingerprint density at radius 3 is 0.775 bits per heavy atom. The Bertz CT molecular complexity index is 1430. The number of ether oxygens (including phenoxy) is 3. The molecule has 0 aliphatic heterocycles. The molecule has 466 valence electrons. The largest absolute Gasteiger partial charge is 0.462 e. The van der Waals surface area contributed by atoms with E-state index in [4.69, 9.17) is 14.2 Å². The molecule has 0 aromatic carbocycles. The van der Waals surface area contributed by atoms with Crippen molar-refractivity contribution in [1.82, 2.24) is 0 Å². The Kier molecular flexibility index (Phi) is 66.1. The lowest BCUT2D eigenvalue weighted by molar-refractivity contribution is -0.167. The van der Waals surface area contributed by atoms with Gasteiger partial charge in [-0.3, -0.25) is 14.4 Å². The van der Waals surface area contributed by atoms with Gasteiger partial charge in [0.1, 0.15) is 13.2 Å². The highest BCUT2D eigenvalue weighted by Gasteiger charge is 2.19. The number of unbranched alkanes of at least 4 members (excludes halogenated alkanes) is 44. The van der Waals surface area contributed by atoms with Gasteiger partial charge in [-0.15, -0.1) is 0 Å². The first-order chi connectivity index (χ1) is 39.5. The highest BCUT2D eigenvalue weighted by atomic mass is 16.6. The molecule has 0 aromatic heterocycles. The molecular formula is C74H134O6. The third kappa shape index (κ3) is 65.9. The summed E-state index contributed by atoms with van der Waals surface area (Å²) in [5.41, 5.74) is 0. The molecule has 1 unspecified atom stereocenters. The van der Waals surface area contributed by atoms with Crippen molar-refractivity contribution < 1.29 is 28.6 Å². The zero-order valence-corrected chi connectivity index (χ0v) is 53.6. The second-order valence-electron chi connectivity index (χ2n) is 23.8. The molecule has 0 bridgehead atoms.